The highest BCUT2D eigenvalue weighted by atomic mass is 35.5. The molecule has 1 aliphatic carbocycles. The summed E-state index contributed by atoms with van der Waals surface area (Å²) in [5.74, 6) is 0.636. The third-order valence-electron chi connectivity index (χ3n) is 5.22. The maximum absolute atomic E-state index is 6.33. The van der Waals surface area contributed by atoms with Crippen LogP contribution >= 0.6 is 23.2 Å². The van der Waals surface area contributed by atoms with E-state index in [1.165, 1.54) is 25.7 Å². The van der Waals surface area contributed by atoms with Crippen molar-refractivity contribution in [3.63, 3.8) is 0 Å². The van der Waals surface area contributed by atoms with Gasteiger partial charge in [0.15, 0.2) is 0 Å². The molecule has 2 nitrogen and oxygen atoms in total. The molecule has 2 fully saturated rings. The molecule has 0 aromatic heterocycles. The molecule has 116 valence electrons. The molecule has 0 bridgehead atoms. The van der Waals surface area contributed by atoms with Crippen molar-refractivity contribution in [3.05, 3.63) is 33.8 Å². The van der Waals surface area contributed by atoms with E-state index in [0.717, 1.165) is 35.1 Å². The first-order chi connectivity index (χ1) is 10.1. The first kappa shape index (κ1) is 15.6. The number of rotatable bonds is 4. The number of ether oxygens (including phenoxy) is 1. The zero-order chi connectivity index (χ0) is 14.9. The van der Waals surface area contributed by atoms with Crippen LogP contribution in [0.2, 0.25) is 10.0 Å². The molecule has 3 rings (SSSR count). The number of likely N-dealkylation sites (N-methyl/N-ethyl adjacent to an activating group) is 1. The summed E-state index contributed by atoms with van der Waals surface area (Å²) in [5.41, 5.74) is 1.25. The number of benzene rings is 1. The maximum Gasteiger partial charge on any atom is 0.0685 e. The van der Waals surface area contributed by atoms with Crippen LogP contribution in [-0.4, -0.2) is 25.3 Å². The zero-order valence-corrected chi connectivity index (χ0v) is 14.0. The molecule has 1 aliphatic heterocycles. The fraction of sp³-hybridized carbons (Fsp3) is 0.647. The molecule has 1 N–H and O–H groups in total. The third-order valence-corrected chi connectivity index (χ3v) is 5.93. The molecular weight excluding hydrogens is 305 g/mol. The van der Waals surface area contributed by atoms with Crippen LogP contribution in [0.1, 0.15) is 37.7 Å². The molecule has 4 heteroatoms. The second kappa shape index (κ2) is 6.45. The maximum atomic E-state index is 6.33. The Morgan fingerprint density at radius 2 is 2.05 bits per heavy atom. The van der Waals surface area contributed by atoms with Crippen LogP contribution in [0.5, 0.6) is 0 Å². The molecule has 0 radical (unpaired) electrons. The van der Waals surface area contributed by atoms with E-state index in [2.05, 4.69) is 5.32 Å². The lowest BCUT2D eigenvalue weighted by molar-refractivity contribution is -0.146. The van der Waals surface area contributed by atoms with Gasteiger partial charge in [-0.2, -0.15) is 0 Å². The molecule has 1 saturated heterocycles. The Bertz CT molecular complexity index is 481. The van der Waals surface area contributed by atoms with Crippen LogP contribution in [0, 0.1) is 5.92 Å². The van der Waals surface area contributed by atoms with Crippen molar-refractivity contribution in [1.82, 2.24) is 5.32 Å². The largest absolute Gasteiger partial charge is 0.375 e. The SMILES string of the molecule is CNC(Cc1c(Cl)cccc1Cl)C1CCOC2(CCC2)C1. The van der Waals surface area contributed by atoms with E-state index >= 15 is 0 Å². The van der Waals surface area contributed by atoms with Gasteiger partial charge in [-0.15, -0.1) is 0 Å². The number of nitrogens with one attached hydrogen (secondary N) is 1. The van der Waals surface area contributed by atoms with Crippen molar-refractivity contribution < 1.29 is 4.74 Å². The van der Waals surface area contributed by atoms with Gasteiger partial charge in [0.1, 0.15) is 0 Å². The number of hydrogen-bond donors (Lipinski definition) is 1. The molecule has 2 unspecified atom stereocenters. The minimum atomic E-state index is 0.183. The fourth-order valence-corrected chi connectivity index (χ4v) is 4.33. The van der Waals surface area contributed by atoms with E-state index < -0.39 is 0 Å². The second-order valence-corrected chi connectivity index (χ2v) is 7.25. The van der Waals surface area contributed by atoms with Crippen molar-refractivity contribution in [3.8, 4) is 0 Å². The predicted molar refractivity (Wildman–Crippen MR) is 88.3 cm³/mol. The van der Waals surface area contributed by atoms with Gasteiger partial charge in [-0.05, 0) is 69.2 Å². The normalized spacial score (nSPS) is 25.6. The second-order valence-electron chi connectivity index (χ2n) is 6.44. The fourth-order valence-electron chi connectivity index (χ4n) is 3.78. The van der Waals surface area contributed by atoms with Crippen molar-refractivity contribution in [2.75, 3.05) is 13.7 Å². The average molecular weight is 328 g/mol. The van der Waals surface area contributed by atoms with Crippen LogP contribution in [0.4, 0.5) is 0 Å². The monoisotopic (exact) mass is 327 g/mol. The van der Waals surface area contributed by atoms with Gasteiger partial charge in [-0.25, -0.2) is 0 Å². The summed E-state index contributed by atoms with van der Waals surface area (Å²) in [5, 5.41) is 5.03. The lowest BCUT2D eigenvalue weighted by Gasteiger charge is -2.48. The summed E-state index contributed by atoms with van der Waals surface area (Å²) < 4.78 is 6.04. The molecule has 21 heavy (non-hydrogen) atoms. The summed E-state index contributed by atoms with van der Waals surface area (Å²) >= 11 is 12.7. The summed E-state index contributed by atoms with van der Waals surface area (Å²) in [6.07, 6.45) is 6.94. The summed E-state index contributed by atoms with van der Waals surface area (Å²) in [4.78, 5) is 0. The van der Waals surface area contributed by atoms with Crippen molar-refractivity contribution >= 4 is 23.2 Å². The third kappa shape index (κ3) is 3.24. The molecule has 1 heterocycles. The van der Waals surface area contributed by atoms with Crippen molar-refractivity contribution in [1.29, 1.82) is 0 Å². The Balaban J connectivity index is 1.73. The summed E-state index contributed by atoms with van der Waals surface area (Å²) in [6, 6.07) is 6.16. The smallest absolute Gasteiger partial charge is 0.0685 e. The first-order valence-electron chi connectivity index (χ1n) is 7.88. The van der Waals surface area contributed by atoms with Gasteiger partial charge in [-0.1, -0.05) is 29.3 Å². The van der Waals surface area contributed by atoms with Crippen LogP contribution in [0.25, 0.3) is 0 Å². The molecule has 2 atom stereocenters. The van der Waals surface area contributed by atoms with Gasteiger partial charge in [0.25, 0.3) is 0 Å². The lowest BCUT2D eigenvalue weighted by Crippen LogP contribution is -2.50. The average Bonchev–Trinajstić information content (AvgIpc) is 2.46. The molecule has 1 spiro atoms. The highest BCUT2D eigenvalue weighted by Gasteiger charge is 2.44. The molecule has 1 saturated carbocycles. The molecular formula is C17H23Cl2NO. The van der Waals surface area contributed by atoms with E-state index in [-0.39, 0.29) is 5.60 Å². The van der Waals surface area contributed by atoms with Crippen molar-refractivity contribution in [2.45, 2.75) is 50.2 Å². The molecule has 1 aromatic carbocycles. The number of halogens is 2. The highest BCUT2D eigenvalue weighted by Crippen LogP contribution is 2.45. The van der Waals surface area contributed by atoms with E-state index in [0.29, 0.717) is 12.0 Å². The molecule has 0 amide bonds. The Morgan fingerprint density at radius 1 is 1.33 bits per heavy atom. The van der Waals surface area contributed by atoms with Crippen LogP contribution < -0.4 is 5.32 Å². The zero-order valence-electron chi connectivity index (χ0n) is 12.5. The van der Waals surface area contributed by atoms with Crippen LogP contribution in [0.3, 0.4) is 0 Å². The standard InChI is InChI=1S/C17H23Cl2NO/c1-20-16(10-13-14(18)4-2-5-15(13)19)12-6-9-21-17(11-12)7-3-8-17/h2,4-5,12,16,20H,3,6-11H2,1H3. The molecule has 1 aromatic rings. The Hall–Kier alpha value is -0.280. The van der Waals surface area contributed by atoms with Gasteiger partial charge < -0.3 is 10.1 Å². The summed E-state index contributed by atoms with van der Waals surface area (Å²) in [7, 11) is 2.04. The van der Waals surface area contributed by atoms with E-state index in [4.69, 9.17) is 27.9 Å². The van der Waals surface area contributed by atoms with Gasteiger partial charge in [0, 0.05) is 22.7 Å². The highest BCUT2D eigenvalue weighted by molar-refractivity contribution is 6.36. The van der Waals surface area contributed by atoms with E-state index in [1.54, 1.807) is 0 Å². The van der Waals surface area contributed by atoms with Crippen LogP contribution in [-0.2, 0) is 11.2 Å². The Morgan fingerprint density at radius 3 is 2.62 bits per heavy atom. The van der Waals surface area contributed by atoms with Gasteiger partial charge in [-0.3, -0.25) is 0 Å². The van der Waals surface area contributed by atoms with Crippen molar-refractivity contribution in [2.24, 2.45) is 5.92 Å². The van der Waals surface area contributed by atoms with E-state index in [1.807, 2.05) is 25.2 Å². The van der Waals surface area contributed by atoms with Gasteiger partial charge in [0.05, 0.1) is 5.60 Å². The Labute approximate surface area is 137 Å². The quantitative estimate of drug-likeness (QED) is 0.880. The summed E-state index contributed by atoms with van der Waals surface area (Å²) in [6.45, 7) is 0.888. The van der Waals surface area contributed by atoms with Gasteiger partial charge in [0.2, 0.25) is 0 Å². The minimum absolute atomic E-state index is 0.183. The van der Waals surface area contributed by atoms with Gasteiger partial charge >= 0.3 is 0 Å². The predicted octanol–water partition coefficient (Wildman–Crippen LogP) is 4.47. The van der Waals surface area contributed by atoms with Crippen LogP contribution in [0.15, 0.2) is 18.2 Å². The number of hydrogen-bond acceptors (Lipinski definition) is 2. The minimum Gasteiger partial charge on any atom is -0.375 e. The Kier molecular flexibility index (Phi) is 4.80. The molecule has 2 aliphatic rings. The lowest BCUT2D eigenvalue weighted by atomic mass is 9.70. The topological polar surface area (TPSA) is 21.3 Å². The van der Waals surface area contributed by atoms with E-state index in [9.17, 15) is 0 Å². The first-order valence-corrected chi connectivity index (χ1v) is 8.63.